The van der Waals surface area contributed by atoms with Crippen molar-refractivity contribution in [3.63, 3.8) is 0 Å². The van der Waals surface area contributed by atoms with Crippen LogP contribution in [0.25, 0.3) is 10.9 Å². The Kier molecular flexibility index (Phi) is 5.59. The lowest BCUT2D eigenvalue weighted by molar-refractivity contribution is 0.0474. The van der Waals surface area contributed by atoms with Gasteiger partial charge in [0, 0.05) is 29.2 Å². The lowest BCUT2D eigenvalue weighted by Crippen LogP contribution is -2.17. The van der Waals surface area contributed by atoms with Crippen molar-refractivity contribution in [1.29, 1.82) is 5.26 Å². The van der Waals surface area contributed by atoms with Gasteiger partial charge in [-0.05, 0) is 18.2 Å². The summed E-state index contributed by atoms with van der Waals surface area (Å²) in [4.78, 5) is 25.2. The molecule has 3 aromatic rings. The Morgan fingerprint density at radius 1 is 1.20 bits per heavy atom. The lowest BCUT2D eigenvalue weighted by Gasteiger charge is -2.19. The SMILES string of the molecule is N#CCCn1cc(C(=O)COC(=O)c2cc(Cl)c3c(c2)OCCO3)c2ccccc21. The minimum absolute atomic E-state index is 0.175. The summed E-state index contributed by atoms with van der Waals surface area (Å²) in [5.74, 6) is -0.261. The zero-order valence-electron chi connectivity index (χ0n) is 15.9. The molecular formula is C22H17ClN2O5. The number of halogens is 1. The van der Waals surface area contributed by atoms with E-state index < -0.39 is 12.6 Å². The predicted molar refractivity (Wildman–Crippen MR) is 109 cm³/mol. The number of carbonyl (C=O) groups is 2. The minimum atomic E-state index is -0.685. The summed E-state index contributed by atoms with van der Waals surface area (Å²) in [6.07, 6.45) is 2.02. The summed E-state index contributed by atoms with van der Waals surface area (Å²) >= 11 is 6.15. The van der Waals surface area contributed by atoms with Gasteiger partial charge in [-0.1, -0.05) is 29.8 Å². The maximum absolute atomic E-state index is 12.8. The Morgan fingerprint density at radius 2 is 2.00 bits per heavy atom. The van der Waals surface area contributed by atoms with Gasteiger partial charge in [-0.15, -0.1) is 0 Å². The normalized spacial score (nSPS) is 12.4. The molecule has 0 spiro atoms. The zero-order chi connectivity index (χ0) is 21.1. The molecule has 4 rings (SSSR count). The average Bonchev–Trinajstić information content (AvgIpc) is 3.14. The molecule has 152 valence electrons. The van der Waals surface area contributed by atoms with Gasteiger partial charge >= 0.3 is 5.97 Å². The van der Waals surface area contributed by atoms with Crippen LogP contribution in [0.15, 0.2) is 42.6 Å². The van der Waals surface area contributed by atoms with E-state index in [0.29, 0.717) is 43.2 Å². The Labute approximate surface area is 177 Å². The maximum atomic E-state index is 12.8. The summed E-state index contributed by atoms with van der Waals surface area (Å²) in [5, 5.41) is 9.84. The van der Waals surface area contributed by atoms with Crippen molar-refractivity contribution < 1.29 is 23.8 Å². The molecule has 0 saturated heterocycles. The largest absolute Gasteiger partial charge is 0.486 e. The van der Waals surface area contributed by atoms with E-state index >= 15 is 0 Å². The fraction of sp³-hybridized carbons (Fsp3) is 0.227. The van der Waals surface area contributed by atoms with Crippen LogP contribution in [0.4, 0.5) is 0 Å². The third-order valence-electron chi connectivity index (χ3n) is 4.72. The molecular weight excluding hydrogens is 408 g/mol. The van der Waals surface area contributed by atoms with Crippen molar-refractivity contribution in [3.05, 3.63) is 58.7 Å². The number of esters is 1. The van der Waals surface area contributed by atoms with Gasteiger partial charge in [0.25, 0.3) is 0 Å². The Bertz CT molecular complexity index is 1180. The molecule has 0 atom stereocenters. The number of ether oxygens (including phenoxy) is 3. The molecule has 0 radical (unpaired) electrons. The molecule has 2 heterocycles. The van der Waals surface area contributed by atoms with Crippen LogP contribution in [0.2, 0.25) is 5.02 Å². The average molecular weight is 425 g/mol. The quantitative estimate of drug-likeness (QED) is 0.438. The van der Waals surface area contributed by atoms with E-state index in [1.807, 2.05) is 28.8 Å². The van der Waals surface area contributed by atoms with Gasteiger partial charge in [0.1, 0.15) is 13.2 Å². The molecule has 0 unspecified atom stereocenters. The van der Waals surface area contributed by atoms with E-state index in [-0.39, 0.29) is 16.4 Å². The van der Waals surface area contributed by atoms with Crippen LogP contribution in [0, 0.1) is 11.3 Å². The van der Waals surface area contributed by atoms with E-state index in [2.05, 4.69) is 6.07 Å². The standard InChI is InChI=1S/C22H17ClN2O5/c23-17-10-14(11-20-21(17)29-9-8-28-20)22(27)30-13-19(26)16-12-25(7-3-6-24)18-5-2-1-4-15(16)18/h1-2,4-5,10-12H,3,7-9,13H2. The van der Waals surface area contributed by atoms with Crippen molar-refractivity contribution in [2.45, 2.75) is 13.0 Å². The first-order valence-electron chi connectivity index (χ1n) is 9.33. The predicted octanol–water partition coefficient (Wildman–Crippen LogP) is 4.02. The van der Waals surface area contributed by atoms with Gasteiger partial charge in [-0.3, -0.25) is 4.79 Å². The molecule has 0 N–H and O–H groups in total. The van der Waals surface area contributed by atoms with Gasteiger partial charge in [-0.25, -0.2) is 4.79 Å². The van der Waals surface area contributed by atoms with Crippen LogP contribution >= 0.6 is 11.6 Å². The van der Waals surface area contributed by atoms with E-state index in [4.69, 9.17) is 31.1 Å². The number of carbonyl (C=O) groups excluding carboxylic acids is 2. The number of Topliss-reactive ketones (excluding diaryl/α,β-unsaturated/α-hetero) is 1. The second-order valence-electron chi connectivity index (χ2n) is 6.64. The highest BCUT2D eigenvalue weighted by molar-refractivity contribution is 6.32. The molecule has 7 nitrogen and oxygen atoms in total. The van der Waals surface area contributed by atoms with Gasteiger partial charge in [-0.2, -0.15) is 5.26 Å². The number of hydrogen-bond acceptors (Lipinski definition) is 6. The van der Waals surface area contributed by atoms with Gasteiger partial charge < -0.3 is 18.8 Å². The maximum Gasteiger partial charge on any atom is 0.338 e. The highest BCUT2D eigenvalue weighted by atomic mass is 35.5. The summed E-state index contributed by atoms with van der Waals surface area (Å²) in [7, 11) is 0. The smallest absolute Gasteiger partial charge is 0.338 e. The van der Waals surface area contributed by atoms with Crippen molar-refractivity contribution in [3.8, 4) is 17.6 Å². The zero-order valence-corrected chi connectivity index (χ0v) is 16.6. The summed E-state index contributed by atoms with van der Waals surface area (Å²) in [5.41, 5.74) is 1.46. The molecule has 8 heteroatoms. The molecule has 2 aromatic carbocycles. The minimum Gasteiger partial charge on any atom is -0.486 e. The molecule has 1 aliphatic heterocycles. The highest BCUT2D eigenvalue weighted by Gasteiger charge is 2.21. The van der Waals surface area contributed by atoms with Crippen LogP contribution in [0.5, 0.6) is 11.5 Å². The number of rotatable bonds is 6. The molecule has 1 aliphatic rings. The lowest BCUT2D eigenvalue weighted by atomic mass is 10.1. The molecule has 30 heavy (non-hydrogen) atoms. The van der Waals surface area contributed by atoms with Crippen LogP contribution in [0.3, 0.4) is 0 Å². The molecule has 0 saturated carbocycles. The van der Waals surface area contributed by atoms with Crippen molar-refractivity contribution in [2.75, 3.05) is 19.8 Å². The second-order valence-corrected chi connectivity index (χ2v) is 7.05. The molecule has 0 fully saturated rings. The number of nitrogens with zero attached hydrogens (tertiary/aromatic N) is 2. The Hall–Kier alpha value is -3.50. The van der Waals surface area contributed by atoms with Crippen LogP contribution in [-0.4, -0.2) is 36.1 Å². The number of ketones is 1. The van der Waals surface area contributed by atoms with Crippen molar-refractivity contribution >= 4 is 34.3 Å². The first-order valence-corrected chi connectivity index (χ1v) is 9.70. The molecule has 0 bridgehead atoms. The number of nitriles is 1. The number of hydrogen-bond donors (Lipinski definition) is 0. The monoisotopic (exact) mass is 424 g/mol. The number of para-hydroxylation sites is 1. The fourth-order valence-corrected chi connectivity index (χ4v) is 3.61. The number of aryl methyl sites for hydroxylation is 1. The Balaban J connectivity index is 1.51. The molecule has 0 aliphatic carbocycles. The van der Waals surface area contributed by atoms with Gasteiger partial charge in [0.15, 0.2) is 18.1 Å². The van der Waals surface area contributed by atoms with Gasteiger partial charge in [0.2, 0.25) is 5.78 Å². The van der Waals surface area contributed by atoms with Crippen molar-refractivity contribution in [2.24, 2.45) is 0 Å². The summed E-state index contributed by atoms with van der Waals surface area (Å²) in [6, 6.07) is 12.4. The van der Waals surface area contributed by atoms with Crippen LogP contribution < -0.4 is 9.47 Å². The topological polar surface area (TPSA) is 90.6 Å². The molecule has 0 amide bonds. The third-order valence-corrected chi connectivity index (χ3v) is 5.00. The summed E-state index contributed by atoms with van der Waals surface area (Å²) < 4.78 is 18.0. The first-order chi connectivity index (χ1) is 14.6. The third kappa shape index (κ3) is 3.82. The van der Waals surface area contributed by atoms with E-state index in [0.717, 1.165) is 10.9 Å². The van der Waals surface area contributed by atoms with E-state index in [1.165, 1.54) is 12.1 Å². The number of fused-ring (bicyclic) bond motifs is 2. The number of benzene rings is 2. The van der Waals surface area contributed by atoms with E-state index in [1.54, 1.807) is 6.20 Å². The highest BCUT2D eigenvalue weighted by Crippen LogP contribution is 2.38. The molecule has 1 aromatic heterocycles. The van der Waals surface area contributed by atoms with Crippen LogP contribution in [-0.2, 0) is 11.3 Å². The van der Waals surface area contributed by atoms with Crippen molar-refractivity contribution in [1.82, 2.24) is 4.57 Å². The number of aromatic nitrogens is 1. The first kappa shape index (κ1) is 19.8. The Morgan fingerprint density at radius 3 is 2.83 bits per heavy atom. The second kappa shape index (κ2) is 8.47. The van der Waals surface area contributed by atoms with E-state index in [9.17, 15) is 9.59 Å². The van der Waals surface area contributed by atoms with Crippen LogP contribution in [0.1, 0.15) is 27.1 Å². The fourth-order valence-electron chi connectivity index (χ4n) is 3.35. The van der Waals surface area contributed by atoms with Gasteiger partial charge in [0.05, 0.1) is 23.1 Å². The summed E-state index contributed by atoms with van der Waals surface area (Å²) in [6.45, 7) is 0.792.